The van der Waals surface area contributed by atoms with Gasteiger partial charge in [0.25, 0.3) is 5.56 Å². The number of fused-ring (bicyclic) bond motifs is 1. The van der Waals surface area contributed by atoms with Crippen molar-refractivity contribution in [2.24, 2.45) is 0 Å². The molecule has 0 saturated carbocycles. The van der Waals surface area contributed by atoms with E-state index in [9.17, 15) is 4.79 Å². The Labute approximate surface area is 73.3 Å². The molecular formula is C8H6N4O. The van der Waals surface area contributed by atoms with Crippen LogP contribution in [0.4, 0.5) is 0 Å². The lowest BCUT2D eigenvalue weighted by Crippen LogP contribution is -2.12. The highest BCUT2D eigenvalue weighted by atomic mass is 16.1. The van der Waals surface area contributed by atoms with E-state index in [2.05, 4.69) is 9.97 Å². The first kappa shape index (κ1) is 7.55. The van der Waals surface area contributed by atoms with Crippen molar-refractivity contribution < 1.29 is 0 Å². The zero-order valence-electron chi connectivity index (χ0n) is 6.90. The molecule has 5 nitrogen and oxygen atoms in total. The summed E-state index contributed by atoms with van der Waals surface area (Å²) in [5.74, 6) is 0. The molecule has 1 N–H and O–H groups in total. The molecule has 13 heavy (non-hydrogen) atoms. The van der Waals surface area contributed by atoms with Crippen molar-refractivity contribution in [1.82, 2.24) is 14.4 Å². The van der Waals surface area contributed by atoms with Gasteiger partial charge in [-0.25, -0.2) is 9.38 Å². The summed E-state index contributed by atoms with van der Waals surface area (Å²) in [5.41, 5.74) is 1.23. The summed E-state index contributed by atoms with van der Waals surface area (Å²) in [6.45, 7) is 1.76. The normalized spacial score (nSPS) is 10.2. The third-order valence-electron chi connectivity index (χ3n) is 1.77. The van der Waals surface area contributed by atoms with Crippen LogP contribution >= 0.6 is 0 Å². The topological polar surface area (TPSA) is 74.0 Å². The van der Waals surface area contributed by atoms with Crippen LogP contribution in [0.15, 0.2) is 17.2 Å². The zero-order valence-corrected chi connectivity index (χ0v) is 6.90. The van der Waals surface area contributed by atoms with E-state index in [4.69, 9.17) is 5.26 Å². The highest BCUT2D eigenvalue weighted by Gasteiger charge is 2.05. The van der Waals surface area contributed by atoms with Crippen molar-refractivity contribution in [2.45, 2.75) is 6.92 Å². The quantitative estimate of drug-likeness (QED) is 0.620. The third kappa shape index (κ3) is 0.999. The largest absolute Gasteiger partial charge is 0.342 e. The van der Waals surface area contributed by atoms with Gasteiger partial charge in [0.15, 0.2) is 11.3 Å². The summed E-state index contributed by atoms with van der Waals surface area (Å²) >= 11 is 0. The number of nitrogens with zero attached hydrogens (tertiary/aromatic N) is 3. The Kier molecular flexibility index (Phi) is 1.43. The average Bonchev–Trinajstić information content (AvgIpc) is 2.47. The van der Waals surface area contributed by atoms with Crippen molar-refractivity contribution >= 4 is 5.65 Å². The van der Waals surface area contributed by atoms with Crippen molar-refractivity contribution in [1.29, 1.82) is 5.26 Å². The monoisotopic (exact) mass is 174 g/mol. The van der Waals surface area contributed by atoms with Crippen LogP contribution in [-0.4, -0.2) is 14.4 Å². The second kappa shape index (κ2) is 2.45. The number of imidazole rings is 1. The predicted molar refractivity (Wildman–Crippen MR) is 45.3 cm³/mol. The van der Waals surface area contributed by atoms with E-state index in [1.165, 1.54) is 16.8 Å². The third-order valence-corrected chi connectivity index (χ3v) is 1.77. The summed E-state index contributed by atoms with van der Waals surface area (Å²) in [4.78, 5) is 18.0. The molecule has 2 aromatic rings. The minimum absolute atomic E-state index is 0.180. The Morgan fingerprint density at radius 3 is 3.15 bits per heavy atom. The minimum atomic E-state index is -0.180. The highest BCUT2D eigenvalue weighted by Crippen LogP contribution is 2.02. The maximum Gasteiger partial charge on any atom is 0.259 e. The van der Waals surface area contributed by atoms with Gasteiger partial charge in [0, 0.05) is 11.8 Å². The molecule has 0 aliphatic rings. The minimum Gasteiger partial charge on any atom is -0.342 e. The van der Waals surface area contributed by atoms with E-state index in [-0.39, 0.29) is 11.3 Å². The number of aryl methyl sites for hydroxylation is 1. The van der Waals surface area contributed by atoms with Gasteiger partial charge in [0.05, 0.1) is 0 Å². The molecule has 0 amide bonds. The van der Waals surface area contributed by atoms with Crippen LogP contribution in [0.2, 0.25) is 0 Å². The molecule has 0 unspecified atom stereocenters. The molecule has 0 aromatic carbocycles. The number of aromatic amines is 1. The first-order valence-electron chi connectivity index (χ1n) is 3.69. The molecule has 0 saturated heterocycles. The lowest BCUT2D eigenvalue weighted by molar-refractivity contribution is 1.03. The van der Waals surface area contributed by atoms with E-state index in [0.717, 1.165) is 5.69 Å². The van der Waals surface area contributed by atoms with Crippen LogP contribution in [0.25, 0.3) is 5.65 Å². The average molecular weight is 174 g/mol. The first-order valence-corrected chi connectivity index (χ1v) is 3.69. The van der Waals surface area contributed by atoms with E-state index in [1.54, 1.807) is 6.92 Å². The van der Waals surface area contributed by atoms with Gasteiger partial charge >= 0.3 is 0 Å². The van der Waals surface area contributed by atoms with Crippen molar-refractivity contribution in [3.8, 4) is 6.07 Å². The van der Waals surface area contributed by atoms with Gasteiger partial charge in [0.1, 0.15) is 12.4 Å². The molecule has 0 aliphatic carbocycles. The smallest absolute Gasteiger partial charge is 0.259 e. The Morgan fingerprint density at radius 1 is 1.69 bits per heavy atom. The predicted octanol–water partition coefficient (Wildman–Crippen LogP) is 0.203. The van der Waals surface area contributed by atoms with Gasteiger partial charge in [-0.15, -0.1) is 0 Å². The van der Waals surface area contributed by atoms with Crippen LogP contribution in [-0.2, 0) is 0 Å². The second-order valence-corrected chi connectivity index (χ2v) is 2.71. The molecule has 0 fully saturated rings. The van der Waals surface area contributed by atoms with Crippen molar-refractivity contribution in [3.63, 3.8) is 0 Å². The van der Waals surface area contributed by atoms with E-state index in [0.29, 0.717) is 5.65 Å². The van der Waals surface area contributed by atoms with E-state index < -0.39 is 0 Å². The van der Waals surface area contributed by atoms with Gasteiger partial charge in [-0.1, -0.05) is 0 Å². The lowest BCUT2D eigenvalue weighted by Gasteiger charge is -1.94. The van der Waals surface area contributed by atoms with Crippen LogP contribution in [0.5, 0.6) is 0 Å². The Balaban J connectivity index is 3.00. The van der Waals surface area contributed by atoms with Gasteiger partial charge in [-0.2, -0.15) is 5.26 Å². The fraction of sp³-hybridized carbons (Fsp3) is 0.125. The molecule has 5 heteroatoms. The van der Waals surface area contributed by atoms with E-state index >= 15 is 0 Å². The van der Waals surface area contributed by atoms with Crippen molar-refractivity contribution in [3.05, 3.63) is 34.1 Å². The van der Waals surface area contributed by atoms with Gasteiger partial charge in [0.2, 0.25) is 0 Å². The number of nitriles is 1. The molecule has 0 atom stereocenters. The standard InChI is InChI=1S/C8H6N4O/c1-5-2-7(13)12-4-10-6(3-9)8(12)11-5/h2,4,11H,1H3. The summed E-state index contributed by atoms with van der Waals surface area (Å²) in [6, 6.07) is 3.36. The summed E-state index contributed by atoms with van der Waals surface area (Å²) in [6.07, 6.45) is 1.34. The van der Waals surface area contributed by atoms with Gasteiger partial charge in [-0.05, 0) is 6.92 Å². The fourth-order valence-electron chi connectivity index (χ4n) is 1.19. The van der Waals surface area contributed by atoms with Crippen LogP contribution < -0.4 is 5.56 Å². The Bertz CT molecular complexity index is 558. The molecule has 64 valence electrons. The molecule has 0 aliphatic heterocycles. The molecule has 0 radical (unpaired) electrons. The summed E-state index contributed by atoms with van der Waals surface area (Å²) in [5, 5.41) is 8.66. The molecule has 0 spiro atoms. The van der Waals surface area contributed by atoms with Crippen LogP contribution in [0.3, 0.4) is 0 Å². The number of hydrogen-bond donors (Lipinski definition) is 1. The fourth-order valence-corrected chi connectivity index (χ4v) is 1.19. The number of nitrogens with one attached hydrogen (secondary N) is 1. The molecule has 2 rings (SSSR count). The second-order valence-electron chi connectivity index (χ2n) is 2.71. The summed E-state index contributed by atoms with van der Waals surface area (Å²) in [7, 11) is 0. The first-order chi connectivity index (χ1) is 6.22. The number of rotatable bonds is 0. The lowest BCUT2D eigenvalue weighted by atomic mass is 10.4. The van der Waals surface area contributed by atoms with Crippen LogP contribution in [0, 0.1) is 18.3 Å². The highest BCUT2D eigenvalue weighted by molar-refractivity contribution is 5.51. The molecule has 2 aromatic heterocycles. The Hall–Kier alpha value is -2.09. The van der Waals surface area contributed by atoms with E-state index in [1.807, 2.05) is 6.07 Å². The number of H-pyrrole nitrogens is 1. The summed E-state index contributed by atoms with van der Waals surface area (Å²) < 4.78 is 1.31. The molecular weight excluding hydrogens is 168 g/mol. The van der Waals surface area contributed by atoms with Crippen LogP contribution in [0.1, 0.15) is 11.4 Å². The zero-order chi connectivity index (χ0) is 9.42. The molecule has 0 bridgehead atoms. The molecule has 2 heterocycles. The number of hydrogen-bond acceptors (Lipinski definition) is 3. The van der Waals surface area contributed by atoms with Crippen molar-refractivity contribution in [2.75, 3.05) is 0 Å². The van der Waals surface area contributed by atoms with Gasteiger partial charge in [-0.3, -0.25) is 4.79 Å². The maximum atomic E-state index is 11.3. The number of aromatic nitrogens is 3. The SMILES string of the molecule is Cc1cc(=O)n2cnc(C#N)c2[nH]1. The van der Waals surface area contributed by atoms with Gasteiger partial charge < -0.3 is 4.98 Å². The maximum absolute atomic E-state index is 11.3. The Morgan fingerprint density at radius 2 is 2.46 bits per heavy atom.